The highest BCUT2D eigenvalue weighted by molar-refractivity contribution is 5.86. The van der Waals surface area contributed by atoms with E-state index in [1.807, 2.05) is 0 Å². The van der Waals surface area contributed by atoms with E-state index < -0.39 is 27.8 Å². The fraction of sp³-hybridized carbons (Fsp3) is 0.385. The van der Waals surface area contributed by atoms with Crippen LogP contribution in [0, 0.1) is 27.3 Å². The third-order valence-electron chi connectivity index (χ3n) is 2.91. The summed E-state index contributed by atoms with van der Waals surface area (Å²) in [5, 5.41) is 20.0. The third kappa shape index (κ3) is 2.91. The maximum Gasteiger partial charge on any atom is 0.330 e. The molecule has 0 N–H and O–H groups in total. The minimum Gasteiger partial charge on any atom is -0.490 e. The van der Waals surface area contributed by atoms with Gasteiger partial charge in [-0.15, -0.1) is 0 Å². The van der Waals surface area contributed by atoms with Gasteiger partial charge in [0, 0.05) is 5.56 Å². The fourth-order valence-electron chi connectivity index (χ4n) is 1.72. The molecule has 8 heteroatoms. The van der Waals surface area contributed by atoms with E-state index in [9.17, 15) is 24.6 Å². The molecule has 0 bridgehead atoms. The number of rotatable bonds is 5. The molecule has 1 unspecified atom stereocenters. The predicted octanol–water partition coefficient (Wildman–Crippen LogP) is 2.09. The van der Waals surface area contributed by atoms with E-state index in [4.69, 9.17) is 9.47 Å². The van der Waals surface area contributed by atoms with Gasteiger partial charge in [0.25, 0.3) is 0 Å². The number of ether oxygens (including phenoxy) is 2. The van der Waals surface area contributed by atoms with Crippen LogP contribution in [0.1, 0.15) is 19.4 Å². The first-order chi connectivity index (χ1) is 9.81. The lowest BCUT2D eigenvalue weighted by Gasteiger charge is -2.21. The number of esters is 1. The Morgan fingerprint density at radius 2 is 2.19 bits per heavy atom. The van der Waals surface area contributed by atoms with E-state index in [1.54, 1.807) is 13.0 Å². The molecule has 0 amide bonds. The second-order valence-corrected chi connectivity index (χ2v) is 4.22. The summed E-state index contributed by atoms with van der Waals surface area (Å²) in [7, 11) is 1.16. The molecule has 1 aromatic rings. The van der Waals surface area contributed by atoms with Crippen LogP contribution in [-0.2, 0) is 14.9 Å². The standard InChI is InChI=1S/C13H13FN2O5/c1-4-21-12(17)13(2,7-15)8-5-11(20-3)10(16(18)19)6-9(8)14/h5-6H,4H2,1-3H3. The quantitative estimate of drug-likeness (QED) is 0.468. The van der Waals surface area contributed by atoms with Gasteiger partial charge in [-0.3, -0.25) is 10.1 Å². The van der Waals surface area contributed by atoms with E-state index in [0.29, 0.717) is 6.07 Å². The fourth-order valence-corrected chi connectivity index (χ4v) is 1.72. The summed E-state index contributed by atoms with van der Waals surface area (Å²) in [5.41, 5.74) is -2.86. The minimum atomic E-state index is -1.93. The monoisotopic (exact) mass is 296 g/mol. The summed E-state index contributed by atoms with van der Waals surface area (Å²) in [4.78, 5) is 21.9. The molecule has 0 saturated heterocycles. The van der Waals surface area contributed by atoms with Gasteiger partial charge in [0.2, 0.25) is 0 Å². The first-order valence-electron chi connectivity index (χ1n) is 5.92. The molecule has 0 heterocycles. The number of hydrogen-bond acceptors (Lipinski definition) is 6. The molecule has 1 atom stereocenters. The zero-order valence-electron chi connectivity index (χ0n) is 11.7. The molecule has 0 aliphatic carbocycles. The number of nitro groups is 1. The molecular formula is C13H13FN2O5. The number of nitriles is 1. The number of hydrogen-bond donors (Lipinski definition) is 0. The Labute approximate surface area is 120 Å². The number of halogens is 1. The normalized spacial score (nSPS) is 12.9. The van der Waals surface area contributed by atoms with Gasteiger partial charge >= 0.3 is 11.7 Å². The average molecular weight is 296 g/mol. The van der Waals surface area contributed by atoms with Crippen molar-refractivity contribution in [3.8, 4) is 11.8 Å². The van der Waals surface area contributed by atoms with Crippen molar-refractivity contribution in [2.45, 2.75) is 19.3 Å². The SMILES string of the molecule is CCOC(=O)C(C)(C#N)c1cc(OC)c([N+](=O)[O-])cc1F. The summed E-state index contributed by atoms with van der Waals surface area (Å²) in [6, 6.07) is 3.26. The van der Waals surface area contributed by atoms with Crippen LogP contribution in [0.2, 0.25) is 0 Å². The van der Waals surface area contributed by atoms with Crippen LogP contribution in [0.4, 0.5) is 10.1 Å². The molecule has 1 rings (SSSR count). The molecule has 7 nitrogen and oxygen atoms in total. The number of carbonyl (C=O) groups excluding carboxylic acids is 1. The molecule has 0 aliphatic rings. The van der Waals surface area contributed by atoms with E-state index in [2.05, 4.69) is 0 Å². The Morgan fingerprint density at radius 1 is 1.57 bits per heavy atom. The van der Waals surface area contributed by atoms with E-state index in [0.717, 1.165) is 13.2 Å². The van der Waals surface area contributed by atoms with Crippen LogP contribution in [-0.4, -0.2) is 24.6 Å². The number of benzene rings is 1. The minimum absolute atomic E-state index is 0.0157. The van der Waals surface area contributed by atoms with E-state index in [1.165, 1.54) is 6.92 Å². The Bertz CT molecular complexity index is 626. The van der Waals surface area contributed by atoms with Crippen molar-refractivity contribution in [3.05, 3.63) is 33.6 Å². The number of nitrogens with zero attached hydrogens (tertiary/aromatic N) is 2. The summed E-state index contributed by atoms with van der Waals surface area (Å²) in [6.45, 7) is 2.74. The van der Waals surface area contributed by atoms with Crippen molar-refractivity contribution in [3.63, 3.8) is 0 Å². The number of nitro benzene ring substituents is 1. The van der Waals surface area contributed by atoms with Crippen LogP contribution >= 0.6 is 0 Å². The summed E-state index contributed by atoms with van der Waals surface area (Å²) < 4.78 is 23.7. The molecule has 21 heavy (non-hydrogen) atoms. The topological polar surface area (TPSA) is 102 Å². The van der Waals surface area contributed by atoms with Crippen molar-refractivity contribution in [1.82, 2.24) is 0 Å². The van der Waals surface area contributed by atoms with Crippen molar-refractivity contribution in [2.75, 3.05) is 13.7 Å². The molecule has 0 spiro atoms. The van der Waals surface area contributed by atoms with Gasteiger partial charge in [-0.05, 0) is 19.9 Å². The number of carbonyl (C=O) groups is 1. The number of methoxy groups -OCH3 is 1. The van der Waals surface area contributed by atoms with Crippen LogP contribution in [0.3, 0.4) is 0 Å². The van der Waals surface area contributed by atoms with Gasteiger partial charge in [0.15, 0.2) is 11.2 Å². The second kappa shape index (κ2) is 6.17. The van der Waals surface area contributed by atoms with Gasteiger partial charge in [0.1, 0.15) is 5.82 Å². The smallest absolute Gasteiger partial charge is 0.330 e. The lowest BCUT2D eigenvalue weighted by atomic mass is 9.83. The lowest BCUT2D eigenvalue weighted by Crippen LogP contribution is -2.34. The molecule has 0 fully saturated rings. The van der Waals surface area contributed by atoms with Crippen molar-refractivity contribution in [2.24, 2.45) is 0 Å². The van der Waals surface area contributed by atoms with Crippen molar-refractivity contribution in [1.29, 1.82) is 5.26 Å². The van der Waals surface area contributed by atoms with Crippen molar-refractivity contribution >= 4 is 11.7 Å². The van der Waals surface area contributed by atoms with Crippen molar-refractivity contribution < 1.29 is 23.6 Å². The highest BCUT2D eigenvalue weighted by Gasteiger charge is 2.41. The predicted molar refractivity (Wildman–Crippen MR) is 69.2 cm³/mol. The van der Waals surface area contributed by atoms with Crippen LogP contribution in [0.15, 0.2) is 12.1 Å². The maximum absolute atomic E-state index is 14.1. The van der Waals surface area contributed by atoms with Crippen LogP contribution < -0.4 is 4.74 Å². The maximum atomic E-state index is 14.1. The lowest BCUT2D eigenvalue weighted by molar-refractivity contribution is -0.386. The Balaban J connectivity index is 3.52. The van der Waals surface area contributed by atoms with Gasteiger partial charge < -0.3 is 9.47 Å². The zero-order chi connectivity index (χ0) is 16.2. The Kier molecular flexibility index (Phi) is 4.81. The van der Waals surface area contributed by atoms with Crippen LogP contribution in [0.5, 0.6) is 5.75 Å². The van der Waals surface area contributed by atoms with E-state index in [-0.39, 0.29) is 17.9 Å². The molecule has 0 saturated carbocycles. The summed E-state index contributed by atoms with van der Waals surface area (Å²) in [5.74, 6) is -2.25. The molecule has 0 radical (unpaired) electrons. The van der Waals surface area contributed by atoms with Gasteiger partial charge in [-0.1, -0.05) is 0 Å². The average Bonchev–Trinajstić information content (AvgIpc) is 2.46. The summed E-state index contributed by atoms with van der Waals surface area (Å²) >= 11 is 0. The van der Waals surface area contributed by atoms with Gasteiger partial charge in [-0.2, -0.15) is 5.26 Å². The zero-order valence-corrected chi connectivity index (χ0v) is 11.7. The first-order valence-corrected chi connectivity index (χ1v) is 5.92. The highest BCUT2D eigenvalue weighted by atomic mass is 19.1. The summed E-state index contributed by atoms with van der Waals surface area (Å²) in [6.07, 6.45) is 0. The second-order valence-electron chi connectivity index (χ2n) is 4.22. The van der Waals surface area contributed by atoms with Crippen LogP contribution in [0.25, 0.3) is 0 Å². The first kappa shape index (κ1) is 16.4. The Morgan fingerprint density at radius 3 is 2.62 bits per heavy atom. The highest BCUT2D eigenvalue weighted by Crippen LogP contribution is 2.36. The van der Waals surface area contributed by atoms with Gasteiger partial charge in [-0.25, -0.2) is 9.18 Å². The molecular weight excluding hydrogens is 283 g/mol. The molecule has 0 aliphatic heterocycles. The Hall–Kier alpha value is -2.69. The van der Waals surface area contributed by atoms with E-state index >= 15 is 0 Å². The molecule has 0 aromatic heterocycles. The molecule has 112 valence electrons. The molecule has 1 aromatic carbocycles. The largest absolute Gasteiger partial charge is 0.490 e. The van der Waals surface area contributed by atoms with Gasteiger partial charge in [0.05, 0.1) is 30.8 Å². The third-order valence-corrected chi connectivity index (χ3v) is 2.91.